The maximum atomic E-state index is 12.1. The summed E-state index contributed by atoms with van der Waals surface area (Å²) in [6.07, 6.45) is 5.28. The summed E-state index contributed by atoms with van der Waals surface area (Å²) < 4.78 is 6.12. The quantitative estimate of drug-likeness (QED) is 0.828. The van der Waals surface area contributed by atoms with Gasteiger partial charge in [0.1, 0.15) is 5.75 Å². The molecular formula is C16H23NO2. The van der Waals surface area contributed by atoms with E-state index in [-0.39, 0.29) is 11.9 Å². The molecule has 104 valence electrons. The predicted octanol–water partition coefficient (Wildman–Crippen LogP) is 3.16. The van der Waals surface area contributed by atoms with E-state index in [9.17, 15) is 4.79 Å². The van der Waals surface area contributed by atoms with Crippen LogP contribution in [0.3, 0.4) is 0 Å². The number of carbonyl (C=O) groups excluding carboxylic acids is 1. The summed E-state index contributed by atoms with van der Waals surface area (Å²) >= 11 is 0. The van der Waals surface area contributed by atoms with Crippen molar-refractivity contribution in [2.75, 3.05) is 6.54 Å². The number of ether oxygens (including phenoxy) is 1. The second-order valence-corrected chi connectivity index (χ2v) is 5.37. The van der Waals surface area contributed by atoms with Gasteiger partial charge >= 0.3 is 0 Å². The normalized spacial score (nSPS) is 15.7. The van der Waals surface area contributed by atoms with Crippen LogP contribution in [0.2, 0.25) is 0 Å². The van der Waals surface area contributed by atoms with Crippen LogP contribution in [0.25, 0.3) is 0 Å². The van der Waals surface area contributed by atoms with Crippen LogP contribution in [-0.4, -0.2) is 18.4 Å². The Kier molecular flexibility index (Phi) is 4.59. The number of hydrogen-bond acceptors (Lipinski definition) is 3. The molecule has 2 rings (SSSR count). The molecule has 0 heterocycles. The van der Waals surface area contributed by atoms with Gasteiger partial charge in [0.25, 0.3) is 0 Å². The smallest absolute Gasteiger partial charge is 0.167 e. The first-order chi connectivity index (χ1) is 9.13. The number of benzene rings is 1. The first kappa shape index (κ1) is 14.1. The Balaban J connectivity index is 2.30. The molecule has 1 aromatic rings. The Bertz CT molecular complexity index is 462. The van der Waals surface area contributed by atoms with Crippen molar-refractivity contribution in [3.05, 3.63) is 28.8 Å². The van der Waals surface area contributed by atoms with Gasteiger partial charge in [0.15, 0.2) is 5.78 Å². The van der Waals surface area contributed by atoms with Gasteiger partial charge in [0, 0.05) is 6.42 Å². The fourth-order valence-electron chi connectivity index (χ4n) is 2.60. The molecule has 1 saturated carbocycles. The Morgan fingerprint density at radius 1 is 1.32 bits per heavy atom. The minimum absolute atomic E-state index is 0.0820. The van der Waals surface area contributed by atoms with E-state index in [4.69, 9.17) is 10.5 Å². The minimum Gasteiger partial charge on any atom is -0.489 e. The molecule has 0 atom stereocenters. The molecule has 0 amide bonds. The third kappa shape index (κ3) is 3.16. The first-order valence-electron chi connectivity index (χ1n) is 7.13. The van der Waals surface area contributed by atoms with Crippen molar-refractivity contribution in [1.29, 1.82) is 0 Å². The maximum absolute atomic E-state index is 12.1. The van der Waals surface area contributed by atoms with Gasteiger partial charge in [-0.2, -0.15) is 0 Å². The monoisotopic (exact) mass is 261 g/mol. The average Bonchev–Trinajstić information content (AvgIpc) is 2.88. The van der Waals surface area contributed by atoms with E-state index in [1.165, 1.54) is 12.8 Å². The summed E-state index contributed by atoms with van der Waals surface area (Å²) in [6, 6.07) is 3.87. The third-order valence-corrected chi connectivity index (χ3v) is 3.94. The Morgan fingerprint density at radius 3 is 2.63 bits per heavy atom. The molecule has 3 nitrogen and oxygen atoms in total. The van der Waals surface area contributed by atoms with Crippen molar-refractivity contribution >= 4 is 5.78 Å². The van der Waals surface area contributed by atoms with Gasteiger partial charge in [0.05, 0.1) is 11.7 Å². The van der Waals surface area contributed by atoms with Crippen LogP contribution < -0.4 is 10.5 Å². The molecular weight excluding hydrogens is 238 g/mol. The van der Waals surface area contributed by atoms with Crippen molar-refractivity contribution in [3.8, 4) is 5.75 Å². The summed E-state index contributed by atoms with van der Waals surface area (Å²) in [7, 11) is 0. The molecule has 2 N–H and O–H groups in total. The van der Waals surface area contributed by atoms with Gasteiger partial charge in [0.2, 0.25) is 0 Å². The van der Waals surface area contributed by atoms with Crippen LogP contribution in [0.1, 0.15) is 53.6 Å². The predicted molar refractivity (Wildman–Crippen MR) is 76.8 cm³/mol. The molecule has 0 aliphatic heterocycles. The molecule has 1 fully saturated rings. The lowest BCUT2D eigenvalue weighted by Gasteiger charge is -2.19. The summed E-state index contributed by atoms with van der Waals surface area (Å²) in [5, 5.41) is 0. The highest BCUT2D eigenvalue weighted by atomic mass is 16.5. The van der Waals surface area contributed by atoms with E-state index in [0.29, 0.717) is 18.5 Å². The Hall–Kier alpha value is -1.35. The second-order valence-electron chi connectivity index (χ2n) is 5.37. The number of nitrogens with two attached hydrogens (primary N) is 1. The van der Waals surface area contributed by atoms with Crippen LogP contribution >= 0.6 is 0 Å². The minimum atomic E-state index is 0.0820. The molecule has 1 aromatic carbocycles. The highest BCUT2D eigenvalue weighted by Crippen LogP contribution is 2.32. The van der Waals surface area contributed by atoms with E-state index in [0.717, 1.165) is 29.7 Å². The van der Waals surface area contributed by atoms with Crippen molar-refractivity contribution in [2.24, 2.45) is 5.73 Å². The van der Waals surface area contributed by atoms with Gasteiger partial charge in [-0.3, -0.25) is 4.79 Å². The van der Waals surface area contributed by atoms with Gasteiger partial charge in [-0.1, -0.05) is 6.07 Å². The average molecular weight is 261 g/mol. The summed E-state index contributed by atoms with van der Waals surface area (Å²) in [5.41, 5.74) is 8.42. The number of Topliss-reactive ketones (excluding diaryl/α,β-unsaturated/α-hetero) is 1. The molecule has 0 saturated heterocycles. The lowest BCUT2D eigenvalue weighted by Crippen LogP contribution is -2.16. The number of ketones is 1. The zero-order valence-electron chi connectivity index (χ0n) is 11.9. The molecule has 0 aromatic heterocycles. The fraction of sp³-hybridized carbons (Fsp3) is 0.562. The lowest BCUT2D eigenvalue weighted by atomic mass is 10.00. The number of hydrogen-bond donors (Lipinski definition) is 1. The van der Waals surface area contributed by atoms with E-state index in [1.807, 2.05) is 26.0 Å². The molecule has 19 heavy (non-hydrogen) atoms. The van der Waals surface area contributed by atoms with E-state index in [2.05, 4.69) is 0 Å². The largest absolute Gasteiger partial charge is 0.489 e. The van der Waals surface area contributed by atoms with E-state index in [1.54, 1.807) is 0 Å². The number of rotatable bonds is 5. The lowest BCUT2D eigenvalue weighted by molar-refractivity contribution is 0.0978. The standard InChI is InChI=1S/C16H23NO2/c1-11-7-8-14(15(18)9-10-17)16(12(11)2)19-13-5-3-4-6-13/h7-8,13H,3-6,9-10,17H2,1-2H3. The SMILES string of the molecule is Cc1ccc(C(=O)CCN)c(OC2CCCC2)c1C. The van der Waals surface area contributed by atoms with E-state index < -0.39 is 0 Å². The molecule has 3 heteroatoms. The highest BCUT2D eigenvalue weighted by Gasteiger charge is 2.21. The van der Waals surface area contributed by atoms with Crippen LogP contribution in [0.5, 0.6) is 5.75 Å². The topological polar surface area (TPSA) is 52.3 Å². The van der Waals surface area contributed by atoms with Crippen molar-refractivity contribution in [2.45, 2.75) is 52.1 Å². The molecule has 1 aliphatic rings. The van der Waals surface area contributed by atoms with Crippen LogP contribution in [-0.2, 0) is 0 Å². The fourth-order valence-corrected chi connectivity index (χ4v) is 2.60. The van der Waals surface area contributed by atoms with Gasteiger partial charge in [-0.05, 0) is 63.3 Å². The summed E-state index contributed by atoms with van der Waals surface area (Å²) in [5.74, 6) is 0.865. The number of carbonyl (C=O) groups is 1. The van der Waals surface area contributed by atoms with Crippen LogP contribution in [0.4, 0.5) is 0 Å². The Labute approximate surface area is 115 Å². The maximum Gasteiger partial charge on any atom is 0.167 e. The first-order valence-corrected chi connectivity index (χ1v) is 7.13. The van der Waals surface area contributed by atoms with Crippen LogP contribution in [0.15, 0.2) is 12.1 Å². The number of aryl methyl sites for hydroxylation is 1. The molecule has 0 unspecified atom stereocenters. The highest BCUT2D eigenvalue weighted by molar-refractivity contribution is 5.99. The van der Waals surface area contributed by atoms with E-state index >= 15 is 0 Å². The zero-order valence-corrected chi connectivity index (χ0v) is 11.9. The molecule has 0 spiro atoms. The van der Waals surface area contributed by atoms with Gasteiger partial charge < -0.3 is 10.5 Å². The van der Waals surface area contributed by atoms with Crippen molar-refractivity contribution in [3.63, 3.8) is 0 Å². The third-order valence-electron chi connectivity index (χ3n) is 3.94. The Morgan fingerprint density at radius 2 is 2.00 bits per heavy atom. The molecule has 0 bridgehead atoms. The molecule has 0 radical (unpaired) electrons. The second kappa shape index (κ2) is 6.20. The molecule has 1 aliphatic carbocycles. The van der Waals surface area contributed by atoms with Gasteiger partial charge in [-0.15, -0.1) is 0 Å². The van der Waals surface area contributed by atoms with Gasteiger partial charge in [-0.25, -0.2) is 0 Å². The van der Waals surface area contributed by atoms with Crippen molar-refractivity contribution < 1.29 is 9.53 Å². The van der Waals surface area contributed by atoms with Crippen molar-refractivity contribution in [1.82, 2.24) is 0 Å². The summed E-state index contributed by atoms with van der Waals surface area (Å²) in [6.45, 7) is 4.46. The summed E-state index contributed by atoms with van der Waals surface area (Å²) in [4.78, 5) is 12.1. The van der Waals surface area contributed by atoms with Crippen LogP contribution in [0, 0.1) is 13.8 Å². The zero-order chi connectivity index (χ0) is 13.8.